The predicted octanol–water partition coefficient (Wildman–Crippen LogP) is 1.49. The van der Waals surface area contributed by atoms with Crippen LogP contribution in [0, 0.1) is 0 Å². The third-order valence-electron chi connectivity index (χ3n) is 1.61. The summed E-state index contributed by atoms with van der Waals surface area (Å²) in [6.45, 7) is 1.53. The van der Waals surface area contributed by atoms with E-state index in [0.717, 1.165) is 0 Å². The summed E-state index contributed by atoms with van der Waals surface area (Å²) in [5, 5.41) is 9.15. The number of methoxy groups -OCH3 is 1. The molecule has 3 nitrogen and oxygen atoms in total. The monoisotopic (exact) mass is 166 g/mol. The number of hydrogen-bond donors (Lipinski definition) is 1. The van der Waals surface area contributed by atoms with Crippen molar-refractivity contribution in [3.63, 3.8) is 0 Å². The van der Waals surface area contributed by atoms with Crippen molar-refractivity contribution in [1.82, 2.24) is 0 Å². The van der Waals surface area contributed by atoms with Crippen molar-refractivity contribution in [3.05, 3.63) is 35.1 Å². The first-order valence-electron chi connectivity index (χ1n) is 3.53. The fourth-order valence-corrected chi connectivity index (χ4v) is 1.02. The normalized spacial score (nSPS) is 19.0. The highest BCUT2D eigenvalue weighted by molar-refractivity contribution is 5.96. The number of rotatable bonds is 1. The molecule has 0 heterocycles. The van der Waals surface area contributed by atoms with Gasteiger partial charge in [-0.15, -0.1) is 0 Å². The van der Waals surface area contributed by atoms with Gasteiger partial charge >= 0.3 is 5.97 Å². The van der Waals surface area contributed by atoms with Gasteiger partial charge in [-0.3, -0.25) is 0 Å². The third kappa shape index (κ3) is 1.39. The summed E-state index contributed by atoms with van der Waals surface area (Å²) in [6.07, 6.45) is 4.98. The van der Waals surface area contributed by atoms with Crippen LogP contribution in [0.3, 0.4) is 0 Å². The Morgan fingerprint density at radius 1 is 1.58 bits per heavy atom. The van der Waals surface area contributed by atoms with Crippen molar-refractivity contribution >= 4 is 5.97 Å². The molecular weight excluding hydrogens is 156 g/mol. The van der Waals surface area contributed by atoms with Gasteiger partial charge in [-0.1, -0.05) is 12.2 Å². The minimum absolute atomic E-state index is 0.125. The van der Waals surface area contributed by atoms with Crippen molar-refractivity contribution in [3.8, 4) is 0 Å². The highest BCUT2D eigenvalue weighted by Crippen LogP contribution is 2.21. The summed E-state index contributed by atoms with van der Waals surface area (Å²) < 4.78 is 4.52. The number of esters is 1. The Morgan fingerprint density at radius 2 is 2.25 bits per heavy atom. The first-order valence-corrected chi connectivity index (χ1v) is 3.53. The number of carbonyl (C=O) groups is 1. The maximum Gasteiger partial charge on any atom is 0.338 e. The predicted molar refractivity (Wildman–Crippen MR) is 44.6 cm³/mol. The Hall–Kier alpha value is -1.51. The maximum absolute atomic E-state index is 11.1. The summed E-state index contributed by atoms with van der Waals surface area (Å²) in [5.41, 5.74) is 0.930. The SMILES string of the molecule is COC(=O)C1=CC=C/C1=C(/C)O. The summed E-state index contributed by atoms with van der Waals surface area (Å²) in [7, 11) is 1.31. The van der Waals surface area contributed by atoms with Crippen LogP contribution in [0.1, 0.15) is 6.92 Å². The molecule has 1 aliphatic carbocycles. The topological polar surface area (TPSA) is 46.5 Å². The van der Waals surface area contributed by atoms with Gasteiger partial charge in [0.15, 0.2) is 0 Å². The van der Waals surface area contributed by atoms with Gasteiger partial charge < -0.3 is 9.84 Å². The van der Waals surface area contributed by atoms with Gasteiger partial charge in [0.2, 0.25) is 0 Å². The average Bonchev–Trinajstić information content (AvgIpc) is 2.50. The van der Waals surface area contributed by atoms with Crippen molar-refractivity contribution in [2.24, 2.45) is 0 Å². The molecule has 0 aromatic carbocycles. The number of carbonyl (C=O) groups excluding carboxylic acids is 1. The molecule has 3 heteroatoms. The number of allylic oxidation sites excluding steroid dienone is 4. The first kappa shape index (κ1) is 8.59. The van der Waals surface area contributed by atoms with Gasteiger partial charge in [-0.05, 0) is 13.0 Å². The zero-order valence-corrected chi connectivity index (χ0v) is 7.00. The van der Waals surface area contributed by atoms with Gasteiger partial charge in [0.05, 0.1) is 18.4 Å². The number of hydrogen-bond acceptors (Lipinski definition) is 3. The molecule has 0 saturated heterocycles. The molecule has 0 aliphatic heterocycles. The average molecular weight is 166 g/mol. The van der Waals surface area contributed by atoms with E-state index >= 15 is 0 Å². The van der Waals surface area contributed by atoms with Crippen LogP contribution < -0.4 is 0 Å². The maximum atomic E-state index is 11.1. The smallest absolute Gasteiger partial charge is 0.338 e. The Kier molecular flexibility index (Phi) is 2.33. The van der Waals surface area contributed by atoms with Crippen LogP contribution in [0.4, 0.5) is 0 Å². The molecule has 0 atom stereocenters. The van der Waals surface area contributed by atoms with Crippen molar-refractivity contribution in [2.75, 3.05) is 7.11 Å². The molecule has 0 fully saturated rings. The first-order chi connectivity index (χ1) is 5.66. The van der Waals surface area contributed by atoms with Crippen LogP contribution in [0.5, 0.6) is 0 Å². The summed E-state index contributed by atoms with van der Waals surface area (Å²) in [6, 6.07) is 0. The zero-order valence-electron chi connectivity index (χ0n) is 7.00. The lowest BCUT2D eigenvalue weighted by Crippen LogP contribution is -2.05. The standard InChI is InChI=1S/C9H10O3/c1-6(10)7-4-3-5-8(7)9(11)12-2/h3-5,10H,1-2H3/b7-6+. The Balaban J connectivity index is 2.97. The van der Waals surface area contributed by atoms with E-state index in [-0.39, 0.29) is 5.76 Å². The second kappa shape index (κ2) is 3.26. The molecule has 0 saturated carbocycles. The van der Waals surface area contributed by atoms with Crippen LogP contribution >= 0.6 is 0 Å². The van der Waals surface area contributed by atoms with Gasteiger partial charge in [-0.25, -0.2) is 4.79 Å². The lowest BCUT2D eigenvalue weighted by molar-refractivity contribution is -0.135. The molecule has 0 bridgehead atoms. The van der Waals surface area contributed by atoms with Crippen LogP contribution in [0.25, 0.3) is 0 Å². The van der Waals surface area contributed by atoms with E-state index in [0.29, 0.717) is 11.1 Å². The summed E-state index contributed by atoms with van der Waals surface area (Å²) in [5.74, 6) is -0.302. The van der Waals surface area contributed by atoms with Crippen LogP contribution in [-0.4, -0.2) is 18.2 Å². The second-order valence-corrected chi connectivity index (χ2v) is 2.43. The van der Waals surface area contributed by atoms with Crippen LogP contribution in [0.15, 0.2) is 35.1 Å². The fourth-order valence-electron chi connectivity index (χ4n) is 1.02. The van der Waals surface area contributed by atoms with Crippen LogP contribution in [-0.2, 0) is 9.53 Å². The van der Waals surface area contributed by atoms with E-state index in [1.165, 1.54) is 14.0 Å². The quantitative estimate of drug-likeness (QED) is 0.474. The molecule has 1 N–H and O–H groups in total. The molecule has 0 radical (unpaired) electrons. The number of ether oxygens (including phenoxy) is 1. The second-order valence-electron chi connectivity index (χ2n) is 2.43. The molecule has 1 aliphatic rings. The van der Waals surface area contributed by atoms with Gasteiger partial charge in [0.1, 0.15) is 0 Å². The molecule has 0 unspecified atom stereocenters. The van der Waals surface area contributed by atoms with E-state index in [9.17, 15) is 4.79 Å². The summed E-state index contributed by atoms with van der Waals surface area (Å²) >= 11 is 0. The Bertz CT molecular complexity index is 291. The Labute approximate surface area is 70.7 Å². The molecule has 0 spiro atoms. The van der Waals surface area contributed by atoms with E-state index < -0.39 is 5.97 Å². The molecule has 0 amide bonds. The van der Waals surface area contributed by atoms with E-state index in [1.807, 2.05) is 0 Å². The van der Waals surface area contributed by atoms with E-state index in [1.54, 1.807) is 18.2 Å². The molecule has 0 aromatic rings. The number of aliphatic hydroxyl groups excluding tert-OH is 1. The largest absolute Gasteiger partial charge is 0.512 e. The lowest BCUT2D eigenvalue weighted by atomic mass is 10.1. The van der Waals surface area contributed by atoms with Gasteiger partial charge in [-0.2, -0.15) is 0 Å². The molecule has 1 rings (SSSR count). The molecule has 12 heavy (non-hydrogen) atoms. The highest BCUT2D eigenvalue weighted by atomic mass is 16.5. The lowest BCUT2D eigenvalue weighted by Gasteiger charge is -2.02. The summed E-state index contributed by atoms with van der Waals surface area (Å²) in [4.78, 5) is 11.1. The van der Waals surface area contributed by atoms with E-state index in [4.69, 9.17) is 5.11 Å². The van der Waals surface area contributed by atoms with Gasteiger partial charge in [0.25, 0.3) is 0 Å². The highest BCUT2D eigenvalue weighted by Gasteiger charge is 2.17. The minimum atomic E-state index is -0.427. The molecule has 0 aromatic heterocycles. The van der Waals surface area contributed by atoms with E-state index in [2.05, 4.69) is 4.74 Å². The number of aliphatic hydroxyl groups is 1. The van der Waals surface area contributed by atoms with Crippen molar-refractivity contribution in [1.29, 1.82) is 0 Å². The van der Waals surface area contributed by atoms with Gasteiger partial charge in [0, 0.05) is 5.57 Å². The fraction of sp³-hybridized carbons (Fsp3) is 0.222. The molecule has 64 valence electrons. The zero-order chi connectivity index (χ0) is 9.14. The van der Waals surface area contributed by atoms with Crippen molar-refractivity contribution < 1.29 is 14.6 Å². The molecular formula is C9H10O3. The third-order valence-corrected chi connectivity index (χ3v) is 1.61. The van der Waals surface area contributed by atoms with Crippen LogP contribution in [0.2, 0.25) is 0 Å². The minimum Gasteiger partial charge on any atom is -0.512 e. The Morgan fingerprint density at radius 3 is 2.75 bits per heavy atom. The van der Waals surface area contributed by atoms with Crippen molar-refractivity contribution in [2.45, 2.75) is 6.92 Å².